The van der Waals surface area contributed by atoms with Gasteiger partial charge >= 0.3 is 0 Å². The number of para-hydroxylation sites is 1. The highest BCUT2D eigenvalue weighted by molar-refractivity contribution is 5.98. The number of furan rings is 2. The van der Waals surface area contributed by atoms with Crippen LogP contribution in [0.5, 0.6) is 0 Å². The summed E-state index contributed by atoms with van der Waals surface area (Å²) in [5.41, 5.74) is 1.67. The Balaban J connectivity index is 2.25. The second kappa shape index (κ2) is 5.32. The Morgan fingerprint density at radius 3 is 2.71 bits per heavy atom. The zero-order valence-electron chi connectivity index (χ0n) is 11.8. The van der Waals surface area contributed by atoms with Gasteiger partial charge in [-0.25, -0.2) is 4.99 Å². The van der Waals surface area contributed by atoms with E-state index in [0.29, 0.717) is 16.9 Å². The lowest BCUT2D eigenvalue weighted by molar-refractivity contribution is 0.458. The highest BCUT2D eigenvalue weighted by atomic mass is 16.4. The minimum atomic E-state index is -0.159. The summed E-state index contributed by atoms with van der Waals surface area (Å²) in [6.07, 6.45) is 3.47. The quantitative estimate of drug-likeness (QED) is 0.735. The standard InChI is InChI=1S/C17H15NO3/c1-3-12-13-7-4-5-8-15(13)21-16(12)17(19)18-11(2)14-9-6-10-20-14/h3-10,19H,1-2H3/b12-3?,17-16-,18-11?. The van der Waals surface area contributed by atoms with Crippen molar-refractivity contribution in [1.29, 1.82) is 0 Å². The van der Waals surface area contributed by atoms with Gasteiger partial charge < -0.3 is 13.9 Å². The first-order valence-corrected chi connectivity index (χ1v) is 6.67. The molecule has 3 aromatic rings. The summed E-state index contributed by atoms with van der Waals surface area (Å²) >= 11 is 0. The first-order chi connectivity index (χ1) is 10.2. The lowest BCUT2D eigenvalue weighted by Crippen LogP contribution is -2.22. The molecule has 0 saturated carbocycles. The third-order valence-corrected chi connectivity index (χ3v) is 3.28. The maximum Gasteiger partial charge on any atom is 0.256 e. The van der Waals surface area contributed by atoms with Crippen molar-refractivity contribution in [2.24, 2.45) is 4.99 Å². The van der Waals surface area contributed by atoms with Crippen LogP contribution in [0, 0.1) is 0 Å². The average Bonchev–Trinajstić information content (AvgIpc) is 3.14. The number of nitrogens with zero attached hydrogens (tertiary/aromatic N) is 1. The smallest absolute Gasteiger partial charge is 0.256 e. The molecule has 1 N–H and O–H groups in total. The van der Waals surface area contributed by atoms with Crippen LogP contribution in [0.2, 0.25) is 0 Å². The summed E-state index contributed by atoms with van der Waals surface area (Å²) in [5, 5.41) is 12.1. The Morgan fingerprint density at radius 2 is 2.00 bits per heavy atom. The molecule has 0 aliphatic heterocycles. The van der Waals surface area contributed by atoms with Crippen LogP contribution in [0.3, 0.4) is 0 Å². The van der Waals surface area contributed by atoms with Crippen LogP contribution in [0.4, 0.5) is 0 Å². The minimum absolute atomic E-state index is 0.159. The van der Waals surface area contributed by atoms with Crippen molar-refractivity contribution in [2.45, 2.75) is 13.8 Å². The molecule has 0 fully saturated rings. The molecule has 0 amide bonds. The summed E-state index contributed by atoms with van der Waals surface area (Å²) < 4.78 is 11.0. The Morgan fingerprint density at radius 1 is 1.19 bits per heavy atom. The van der Waals surface area contributed by atoms with Crippen LogP contribution in [0.15, 0.2) is 56.5 Å². The van der Waals surface area contributed by atoms with E-state index in [1.54, 1.807) is 25.3 Å². The maximum absolute atomic E-state index is 10.3. The molecule has 0 aliphatic carbocycles. The van der Waals surface area contributed by atoms with Crippen molar-refractivity contribution in [3.63, 3.8) is 0 Å². The number of aliphatic imine (C=N–C) groups is 1. The number of fused-ring (bicyclic) bond motifs is 1. The summed E-state index contributed by atoms with van der Waals surface area (Å²) in [4.78, 5) is 4.17. The molecule has 0 atom stereocenters. The third-order valence-electron chi connectivity index (χ3n) is 3.28. The SMILES string of the molecule is CC=c1/c(=C(/O)N=C(C)c2ccco2)oc2ccccc12. The third kappa shape index (κ3) is 2.36. The van der Waals surface area contributed by atoms with Gasteiger partial charge in [0.25, 0.3) is 5.88 Å². The van der Waals surface area contributed by atoms with Gasteiger partial charge in [-0.1, -0.05) is 24.3 Å². The van der Waals surface area contributed by atoms with Crippen molar-refractivity contribution in [2.75, 3.05) is 0 Å². The normalized spacial score (nSPS) is 14.8. The van der Waals surface area contributed by atoms with E-state index >= 15 is 0 Å². The molecular formula is C17H15NO3. The fourth-order valence-electron chi connectivity index (χ4n) is 2.27. The molecule has 4 nitrogen and oxygen atoms in total. The number of hydrogen-bond acceptors (Lipinski definition) is 4. The molecule has 0 saturated heterocycles. The molecule has 1 aromatic carbocycles. The van der Waals surface area contributed by atoms with Crippen LogP contribution >= 0.6 is 0 Å². The topological polar surface area (TPSA) is 58.9 Å². The minimum Gasteiger partial charge on any atom is -0.491 e. The van der Waals surface area contributed by atoms with Gasteiger partial charge in [0.05, 0.1) is 12.0 Å². The molecule has 0 spiro atoms. The summed E-state index contributed by atoms with van der Waals surface area (Å²) in [6.45, 7) is 3.67. The van der Waals surface area contributed by atoms with E-state index < -0.39 is 0 Å². The lowest BCUT2D eigenvalue weighted by Gasteiger charge is -1.94. The molecular weight excluding hydrogens is 266 g/mol. The average molecular weight is 281 g/mol. The molecule has 106 valence electrons. The summed E-state index contributed by atoms with van der Waals surface area (Å²) in [7, 11) is 0. The zero-order valence-corrected chi connectivity index (χ0v) is 11.8. The van der Waals surface area contributed by atoms with Gasteiger partial charge in [0.2, 0.25) is 0 Å². The first kappa shape index (κ1) is 13.2. The second-order valence-electron chi connectivity index (χ2n) is 4.63. The maximum atomic E-state index is 10.3. The largest absolute Gasteiger partial charge is 0.491 e. The predicted octanol–water partition coefficient (Wildman–Crippen LogP) is 2.96. The molecule has 21 heavy (non-hydrogen) atoms. The van der Waals surface area contributed by atoms with Crippen molar-refractivity contribution in [3.05, 3.63) is 59.1 Å². The Bertz CT molecular complexity index is 915. The van der Waals surface area contributed by atoms with E-state index in [-0.39, 0.29) is 5.88 Å². The Labute approximate surface area is 121 Å². The van der Waals surface area contributed by atoms with Crippen LogP contribution < -0.4 is 10.6 Å². The summed E-state index contributed by atoms with van der Waals surface area (Å²) in [6, 6.07) is 11.2. The van der Waals surface area contributed by atoms with Crippen LogP contribution in [-0.2, 0) is 0 Å². The van der Waals surface area contributed by atoms with Gasteiger partial charge in [0, 0.05) is 10.6 Å². The van der Waals surface area contributed by atoms with E-state index in [4.69, 9.17) is 8.83 Å². The second-order valence-corrected chi connectivity index (χ2v) is 4.63. The molecule has 2 aromatic heterocycles. The van der Waals surface area contributed by atoms with Crippen molar-refractivity contribution < 1.29 is 13.9 Å². The van der Waals surface area contributed by atoms with E-state index in [2.05, 4.69) is 4.99 Å². The van der Waals surface area contributed by atoms with Crippen LogP contribution in [0.1, 0.15) is 19.6 Å². The molecule has 2 heterocycles. The summed E-state index contributed by atoms with van der Waals surface area (Å²) in [5.74, 6) is 0.452. The Kier molecular flexibility index (Phi) is 3.36. The molecule has 0 aliphatic rings. The van der Waals surface area contributed by atoms with Gasteiger partial charge in [-0.3, -0.25) is 0 Å². The Hall–Kier alpha value is -2.75. The molecule has 0 bridgehead atoms. The number of rotatable bonds is 2. The van der Waals surface area contributed by atoms with Crippen LogP contribution in [-0.4, -0.2) is 10.8 Å². The van der Waals surface area contributed by atoms with Crippen LogP contribution in [0.25, 0.3) is 22.9 Å². The van der Waals surface area contributed by atoms with E-state index in [1.165, 1.54) is 0 Å². The number of aliphatic hydroxyl groups is 1. The van der Waals surface area contributed by atoms with Crippen molar-refractivity contribution in [1.82, 2.24) is 0 Å². The van der Waals surface area contributed by atoms with Gasteiger partial charge in [-0.2, -0.15) is 0 Å². The number of hydrogen-bond donors (Lipinski definition) is 1. The molecule has 4 heteroatoms. The molecule has 0 unspecified atom stereocenters. The van der Waals surface area contributed by atoms with E-state index in [0.717, 1.165) is 16.2 Å². The lowest BCUT2D eigenvalue weighted by atomic mass is 10.2. The van der Waals surface area contributed by atoms with E-state index in [9.17, 15) is 5.11 Å². The molecule has 0 radical (unpaired) electrons. The van der Waals surface area contributed by atoms with Gasteiger partial charge in [0.1, 0.15) is 11.3 Å². The number of benzene rings is 1. The fraction of sp³-hybridized carbons (Fsp3) is 0.118. The number of aliphatic hydroxyl groups excluding tert-OH is 1. The van der Waals surface area contributed by atoms with E-state index in [1.807, 2.05) is 37.3 Å². The first-order valence-electron chi connectivity index (χ1n) is 6.67. The highest BCUT2D eigenvalue weighted by Crippen LogP contribution is 2.08. The highest BCUT2D eigenvalue weighted by Gasteiger charge is 2.07. The molecule has 3 rings (SSSR count). The zero-order chi connectivity index (χ0) is 14.8. The fourth-order valence-corrected chi connectivity index (χ4v) is 2.27. The van der Waals surface area contributed by atoms with Crippen molar-refractivity contribution in [3.8, 4) is 0 Å². The van der Waals surface area contributed by atoms with Gasteiger partial charge in [-0.05, 0) is 32.0 Å². The predicted molar refractivity (Wildman–Crippen MR) is 82.6 cm³/mol. The van der Waals surface area contributed by atoms with Gasteiger partial charge in [0.15, 0.2) is 5.42 Å². The monoisotopic (exact) mass is 281 g/mol. The van der Waals surface area contributed by atoms with Crippen molar-refractivity contribution >= 4 is 28.6 Å². The van der Waals surface area contributed by atoms with Gasteiger partial charge in [-0.15, -0.1) is 0 Å².